The van der Waals surface area contributed by atoms with Gasteiger partial charge in [0.15, 0.2) is 0 Å². The zero-order valence-corrected chi connectivity index (χ0v) is 15.2. The number of amides is 1. The highest BCUT2D eigenvalue weighted by molar-refractivity contribution is 5.98. The van der Waals surface area contributed by atoms with Gasteiger partial charge in [0.05, 0.1) is 17.4 Å². The summed E-state index contributed by atoms with van der Waals surface area (Å²) in [7, 11) is 0. The Morgan fingerprint density at radius 1 is 1.10 bits per heavy atom. The summed E-state index contributed by atoms with van der Waals surface area (Å²) >= 11 is 0. The predicted molar refractivity (Wildman–Crippen MR) is 101 cm³/mol. The monoisotopic (exact) mass is 421 g/mol. The van der Waals surface area contributed by atoms with Crippen LogP contribution in [0.25, 0.3) is 0 Å². The molecule has 0 bridgehead atoms. The number of nitrogens with zero attached hydrogens (tertiary/aromatic N) is 2. The lowest BCUT2D eigenvalue weighted by molar-refractivity contribution is -0.274. The molecule has 2 heterocycles. The molecule has 0 saturated heterocycles. The van der Waals surface area contributed by atoms with Crippen LogP contribution in [0, 0.1) is 5.82 Å². The topological polar surface area (TPSA) is 102 Å². The van der Waals surface area contributed by atoms with Crippen molar-refractivity contribution in [3.8, 4) is 5.75 Å². The fourth-order valence-electron chi connectivity index (χ4n) is 2.50. The zero-order valence-electron chi connectivity index (χ0n) is 15.2. The van der Waals surface area contributed by atoms with E-state index in [-0.39, 0.29) is 17.9 Å². The second kappa shape index (κ2) is 8.64. The first-order valence-corrected chi connectivity index (χ1v) is 8.45. The van der Waals surface area contributed by atoms with Crippen molar-refractivity contribution in [3.05, 3.63) is 71.9 Å². The van der Waals surface area contributed by atoms with Gasteiger partial charge in [-0.2, -0.15) is 0 Å². The van der Waals surface area contributed by atoms with E-state index in [4.69, 9.17) is 5.73 Å². The summed E-state index contributed by atoms with van der Waals surface area (Å²) in [6.45, 7) is 0.165. The number of aromatic nitrogens is 2. The Bertz CT molecular complexity index is 1040. The number of hydrogen-bond donors (Lipinski definition) is 3. The molecule has 0 saturated carbocycles. The van der Waals surface area contributed by atoms with Gasteiger partial charge < -0.3 is 21.1 Å². The normalized spacial score (nSPS) is 11.1. The number of anilines is 3. The minimum atomic E-state index is -4.78. The highest BCUT2D eigenvalue weighted by Crippen LogP contribution is 2.26. The second-order valence-electron chi connectivity index (χ2n) is 6.04. The third-order valence-corrected chi connectivity index (χ3v) is 3.77. The number of alkyl halides is 3. The fourth-order valence-corrected chi connectivity index (χ4v) is 2.50. The molecular formula is C19H15F4N5O2. The number of nitrogens with one attached hydrogen (secondary N) is 2. The molecule has 11 heteroatoms. The SMILES string of the molecule is NC(=O)c1cnc(Nc2ccc(OC(F)(F)F)cc2)cc1NCc1cncc(F)c1. The van der Waals surface area contributed by atoms with E-state index in [2.05, 4.69) is 25.3 Å². The molecule has 1 aromatic carbocycles. The van der Waals surface area contributed by atoms with E-state index < -0.39 is 18.1 Å². The van der Waals surface area contributed by atoms with Gasteiger partial charge >= 0.3 is 6.36 Å². The van der Waals surface area contributed by atoms with Crippen LogP contribution in [0.4, 0.5) is 34.8 Å². The van der Waals surface area contributed by atoms with Crippen LogP contribution < -0.4 is 21.1 Å². The Labute approximate surface area is 167 Å². The van der Waals surface area contributed by atoms with Crippen molar-refractivity contribution < 1.29 is 27.1 Å². The van der Waals surface area contributed by atoms with Gasteiger partial charge in [0, 0.05) is 30.7 Å². The maximum absolute atomic E-state index is 13.3. The van der Waals surface area contributed by atoms with E-state index in [0.29, 0.717) is 22.8 Å². The van der Waals surface area contributed by atoms with Gasteiger partial charge in [-0.25, -0.2) is 9.37 Å². The van der Waals surface area contributed by atoms with Crippen LogP contribution >= 0.6 is 0 Å². The lowest BCUT2D eigenvalue weighted by Crippen LogP contribution is -2.17. The number of carbonyl (C=O) groups excluding carboxylic acids is 1. The molecule has 3 aromatic rings. The molecule has 0 atom stereocenters. The summed E-state index contributed by atoms with van der Waals surface area (Å²) in [6.07, 6.45) is -1.00. The van der Waals surface area contributed by atoms with Crippen molar-refractivity contribution >= 4 is 23.1 Å². The van der Waals surface area contributed by atoms with Crippen LogP contribution in [-0.2, 0) is 6.54 Å². The van der Waals surface area contributed by atoms with Crippen LogP contribution in [0.5, 0.6) is 5.75 Å². The maximum atomic E-state index is 13.3. The van der Waals surface area contributed by atoms with Crippen LogP contribution in [0.1, 0.15) is 15.9 Å². The Balaban J connectivity index is 1.75. The first kappa shape index (κ1) is 20.8. The molecule has 0 spiro atoms. The third kappa shape index (κ3) is 5.80. The molecule has 0 radical (unpaired) electrons. The quantitative estimate of drug-likeness (QED) is 0.499. The Morgan fingerprint density at radius 2 is 1.83 bits per heavy atom. The van der Waals surface area contributed by atoms with Crippen LogP contribution in [0.3, 0.4) is 0 Å². The second-order valence-corrected chi connectivity index (χ2v) is 6.04. The summed E-state index contributed by atoms with van der Waals surface area (Å²) in [5, 5.41) is 5.86. The predicted octanol–water partition coefficient (Wildman–Crippen LogP) is 3.97. The number of halogens is 4. The minimum absolute atomic E-state index is 0.110. The molecule has 3 rings (SSSR count). The highest BCUT2D eigenvalue weighted by Gasteiger charge is 2.30. The largest absolute Gasteiger partial charge is 0.573 e. The van der Waals surface area contributed by atoms with Crippen LogP contribution in [0.15, 0.2) is 55.0 Å². The Hall–Kier alpha value is -3.89. The van der Waals surface area contributed by atoms with Gasteiger partial charge in [-0.05, 0) is 35.9 Å². The van der Waals surface area contributed by atoms with Crippen LogP contribution in [0.2, 0.25) is 0 Å². The zero-order chi connectivity index (χ0) is 21.7. The maximum Gasteiger partial charge on any atom is 0.573 e. The highest BCUT2D eigenvalue weighted by atomic mass is 19.4. The number of rotatable bonds is 7. The summed E-state index contributed by atoms with van der Waals surface area (Å²) < 4.78 is 53.8. The van der Waals surface area contributed by atoms with E-state index in [9.17, 15) is 22.4 Å². The van der Waals surface area contributed by atoms with Gasteiger partial charge in [-0.15, -0.1) is 13.2 Å². The van der Waals surface area contributed by atoms with E-state index >= 15 is 0 Å². The van der Waals surface area contributed by atoms with Gasteiger partial charge in [-0.1, -0.05) is 0 Å². The Kier molecular flexibility index (Phi) is 6.00. The van der Waals surface area contributed by atoms with Crippen molar-refractivity contribution in [2.45, 2.75) is 12.9 Å². The molecule has 7 nitrogen and oxygen atoms in total. The number of nitrogens with two attached hydrogens (primary N) is 1. The number of pyridine rings is 2. The summed E-state index contributed by atoms with van der Waals surface area (Å²) in [6, 6.07) is 7.81. The lowest BCUT2D eigenvalue weighted by Gasteiger charge is -2.13. The molecule has 156 valence electrons. The van der Waals surface area contributed by atoms with Crippen molar-refractivity contribution in [2.24, 2.45) is 5.73 Å². The number of ether oxygens (including phenoxy) is 1. The number of benzene rings is 1. The molecule has 0 aliphatic rings. The molecule has 30 heavy (non-hydrogen) atoms. The molecular weight excluding hydrogens is 406 g/mol. The summed E-state index contributed by atoms with van der Waals surface area (Å²) in [5.41, 5.74) is 6.78. The van der Waals surface area contributed by atoms with Crippen molar-refractivity contribution in [1.82, 2.24) is 9.97 Å². The lowest BCUT2D eigenvalue weighted by atomic mass is 10.2. The molecule has 2 aromatic heterocycles. The Morgan fingerprint density at radius 3 is 2.47 bits per heavy atom. The van der Waals surface area contributed by atoms with Gasteiger partial charge in [0.2, 0.25) is 0 Å². The summed E-state index contributed by atoms with van der Waals surface area (Å²) in [5.74, 6) is -1.29. The first-order valence-electron chi connectivity index (χ1n) is 8.45. The molecule has 0 aliphatic heterocycles. The number of primary amides is 1. The third-order valence-electron chi connectivity index (χ3n) is 3.77. The van der Waals surface area contributed by atoms with Gasteiger partial charge in [0.25, 0.3) is 5.91 Å². The molecule has 4 N–H and O–H groups in total. The fraction of sp³-hybridized carbons (Fsp3) is 0.105. The van der Waals surface area contributed by atoms with E-state index in [0.717, 1.165) is 18.3 Å². The average molecular weight is 421 g/mol. The molecule has 0 aliphatic carbocycles. The van der Waals surface area contributed by atoms with Crippen molar-refractivity contribution in [1.29, 1.82) is 0 Å². The molecule has 0 unspecified atom stereocenters. The smallest absolute Gasteiger partial charge is 0.406 e. The first-order chi connectivity index (χ1) is 14.2. The van der Waals surface area contributed by atoms with Crippen LogP contribution in [-0.4, -0.2) is 22.2 Å². The van der Waals surface area contributed by atoms with E-state index in [1.165, 1.54) is 36.7 Å². The summed E-state index contributed by atoms with van der Waals surface area (Å²) in [4.78, 5) is 19.5. The van der Waals surface area contributed by atoms with E-state index in [1.807, 2.05) is 0 Å². The van der Waals surface area contributed by atoms with Crippen molar-refractivity contribution in [2.75, 3.05) is 10.6 Å². The molecule has 1 amide bonds. The number of hydrogen-bond acceptors (Lipinski definition) is 6. The van der Waals surface area contributed by atoms with Gasteiger partial charge in [0.1, 0.15) is 17.4 Å². The van der Waals surface area contributed by atoms with E-state index in [1.54, 1.807) is 0 Å². The van der Waals surface area contributed by atoms with Gasteiger partial charge in [-0.3, -0.25) is 9.78 Å². The standard InChI is InChI=1S/C19H15F4N5O2/c20-12-5-11(7-25-9-12)8-26-16-6-17(27-10-15(16)18(24)29)28-13-1-3-14(4-2-13)30-19(21,22)23/h1-7,9-10H,8H2,(H2,24,29)(H2,26,27,28). The minimum Gasteiger partial charge on any atom is -0.406 e. The number of carbonyl (C=O) groups is 1. The molecule has 0 fully saturated rings. The average Bonchev–Trinajstić information content (AvgIpc) is 2.67. The van der Waals surface area contributed by atoms with Crippen molar-refractivity contribution in [3.63, 3.8) is 0 Å².